The molecule has 183 valence electrons. The van der Waals surface area contributed by atoms with Crippen molar-refractivity contribution < 1.29 is 30.0 Å². The van der Waals surface area contributed by atoms with Crippen molar-refractivity contribution in [3.05, 3.63) is 92.1 Å². The maximum Gasteiger partial charge on any atom is 0.155 e. The molecule has 1 radical (unpaired) electrons. The smallest absolute Gasteiger partial charge is 0.155 e. The molecule has 0 spiro atoms. The van der Waals surface area contributed by atoms with Crippen LogP contribution in [0.2, 0.25) is 0 Å². The molecular weight excluding hydrogens is 617 g/mol. The van der Waals surface area contributed by atoms with Crippen LogP contribution in [0.3, 0.4) is 0 Å². The summed E-state index contributed by atoms with van der Waals surface area (Å²) in [5.74, 6) is 1.76. The van der Waals surface area contributed by atoms with Gasteiger partial charge < -0.3 is 21.7 Å². The third kappa shape index (κ3) is 5.94. The first-order valence-electron chi connectivity index (χ1n) is 10.6. The number of carbonyl (C=O) groups is 1. The second-order valence-corrected chi connectivity index (χ2v) is 7.84. The SMILES string of the molecule is CC(=O)/C=C(/C)O.Cn1c(-c2[c-]c(-c3nc4ccccc4n3C)ccc2)nc2ccccc21.[CH3-].[Ir]. The van der Waals surface area contributed by atoms with Gasteiger partial charge in [-0.3, -0.25) is 14.8 Å². The van der Waals surface area contributed by atoms with Gasteiger partial charge in [0.1, 0.15) is 0 Å². The molecule has 3 aromatic carbocycles. The van der Waals surface area contributed by atoms with Crippen molar-refractivity contribution in [3.63, 3.8) is 0 Å². The van der Waals surface area contributed by atoms with E-state index in [-0.39, 0.29) is 39.1 Å². The summed E-state index contributed by atoms with van der Waals surface area (Å²) in [6.07, 6.45) is 1.17. The molecule has 0 aliphatic heterocycles. The molecule has 5 aromatic rings. The van der Waals surface area contributed by atoms with Crippen molar-refractivity contribution in [2.45, 2.75) is 13.8 Å². The fraction of sp³-hybridized carbons (Fsp3) is 0.143. The van der Waals surface area contributed by atoms with E-state index in [2.05, 4.69) is 27.3 Å². The first kappa shape index (κ1) is 27.7. The topological polar surface area (TPSA) is 72.9 Å². The van der Waals surface area contributed by atoms with E-state index in [1.165, 1.54) is 19.9 Å². The summed E-state index contributed by atoms with van der Waals surface area (Å²) >= 11 is 0. The Kier molecular flexibility index (Phi) is 9.29. The van der Waals surface area contributed by atoms with Gasteiger partial charge in [-0.25, -0.2) is 0 Å². The molecule has 0 saturated carbocycles. The van der Waals surface area contributed by atoms with E-state index in [1.54, 1.807) is 0 Å². The van der Waals surface area contributed by atoms with E-state index < -0.39 is 0 Å². The molecule has 0 saturated heterocycles. The average molecular weight is 645 g/mol. The van der Waals surface area contributed by atoms with Crippen molar-refractivity contribution >= 4 is 27.9 Å². The molecule has 35 heavy (non-hydrogen) atoms. The quantitative estimate of drug-likeness (QED) is 0.147. The predicted molar refractivity (Wildman–Crippen MR) is 138 cm³/mol. The summed E-state index contributed by atoms with van der Waals surface area (Å²) in [5.41, 5.74) is 6.15. The average Bonchev–Trinajstić information content (AvgIpc) is 3.31. The molecule has 2 heterocycles. The molecule has 0 bridgehead atoms. The first-order chi connectivity index (χ1) is 15.8. The number of aliphatic hydroxyl groups is 1. The normalized spacial score (nSPS) is 10.8. The van der Waals surface area contributed by atoms with Gasteiger partial charge in [-0.15, -0.1) is 24.3 Å². The molecule has 2 aromatic heterocycles. The van der Waals surface area contributed by atoms with Crippen LogP contribution in [0.15, 0.2) is 78.6 Å². The van der Waals surface area contributed by atoms with Gasteiger partial charge in [0.2, 0.25) is 0 Å². The van der Waals surface area contributed by atoms with E-state index >= 15 is 0 Å². The van der Waals surface area contributed by atoms with Gasteiger partial charge in [-0.05, 0) is 38.1 Å². The fourth-order valence-electron chi connectivity index (χ4n) is 3.80. The van der Waals surface area contributed by atoms with Crippen molar-refractivity contribution in [1.82, 2.24) is 19.1 Å². The minimum absolute atomic E-state index is 0. The number of aryl methyl sites for hydroxylation is 2. The molecule has 0 unspecified atom stereocenters. The molecule has 0 amide bonds. The van der Waals surface area contributed by atoms with E-state index in [0.29, 0.717) is 0 Å². The molecule has 0 aliphatic carbocycles. The minimum Gasteiger partial charge on any atom is -0.512 e. The fourth-order valence-corrected chi connectivity index (χ4v) is 3.80. The number of imidazole rings is 2. The van der Waals surface area contributed by atoms with E-state index in [9.17, 15) is 4.79 Å². The van der Waals surface area contributed by atoms with Crippen LogP contribution in [0, 0.1) is 13.5 Å². The van der Waals surface area contributed by atoms with Gasteiger partial charge >= 0.3 is 0 Å². The third-order valence-electron chi connectivity index (χ3n) is 5.26. The standard InChI is InChI=1S/C22H17N4.C5H8O2.CH3.Ir/c1-25-19-12-5-3-10-17(19)23-21(25)15-8-7-9-16(14-15)22-24-18-11-4-6-13-20(18)26(22)2;1-4(6)3-5(2)7;;/h3-13H,1-2H3;3,6H,1-2H3;1H3;/q-1;;-1;/b;4-3-;;. The van der Waals surface area contributed by atoms with Gasteiger partial charge in [0.25, 0.3) is 0 Å². The second-order valence-electron chi connectivity index (χ2n) is 7.84. The predicted octanol–water partition coefficient (Wildman–Crippen LogP) is 6.08. The van der Waals surface area contributed by atoms with Crippen LogP contribution in [0.1, 0.15) is 13.8 Å². The minimum atomic E-state index is -0.125. The molecule has 0 fully saturated rings. The second kappa shape index (κ2) is 11.7. The maximum absolute atomic E-state index is 10.0. The number of aromatic nitrogens is 4. The van der Waals surface area contributed by atoms with Crippen molar-refractivity contribution in [3.8, 4) is 22.8 Å². The summed E-state index contributed by atoms with van der Waals surface area (Å²) in [4.78, 5) is 19.6. The molecule has 1 N–H and O–H groups in total. The Morgan fingerprint density at radius 1 is 0.800 bits per heavy atom. The third-order valence-corrected chi connectivity index (χ3v) is 5.26. The van der Waals surface area contributed by atoms with Crippen LogP contribution in [-0.2, 0) is 39.0 Å². The zero-order chi connectivity index (χ0) is 23.5. The van der Waals surface area contributed by atoms with Crippen LogP contribution in [0.5, 0.6) is 0 Å². The Hall–Kier alpha value is -3.54. The number of hydrogen-bond donors (Lipinski definition) is 1. The molecular formula is C28H28IrN4O2-2. The molecule has 5 rings (SSSR count). The summed E-state index contributed by atoms with van der Waals surface area (Å²) in [7, 11) is 4.08. The van der Waals surface area contributed by atoms with Gasteiger partial charge in [-0.2, -0.15) is 0 Å². The summed E-state index contributed by atoms with van der Waals surface area (Å²) < 4.78 is 4.22. The largest absolute Gasteiger partial charge is 0.512 e. The number of fused-ring (bicyclic) bond motifs is 2. The number of aliphatic hydroxyl groups excluding tert-OH is 1. The molecule has 0 aliphatic rings. The zero-order valence-corrected chi connectivity index (χ0v) is 22.8. The monoisotopic (exact) mass is 645 g/mol. The Morgan fingerprint density at radius 3 is 1.57 bits per heavy atom. The summed E-state index contributed by atoms with van der Waals surface area (Å²) in [6, 6.07) is 26.0. The Bertz CT molecular complexity index is 1400. The summed E-state index contributed by atoms with van der Waals surface area (Å²) in [6.45, 7) is 2.85. The van der Waals surface area contributed by atoms with Gasteiger partial charge in [-0.1, -0.05) is 35.4 Å². The van der Waals surface area contributed by atoms with Crippen LogP contribution >= 0.6 is 0 Å². The molecule has 6 nitrogen and oxygen atoms in total. The van der Waals surface area contributed by atoms with Crippen LogP contribution in [-0.4, -0.2) is 30.0 Å². The van der Waals surface area contributed by atoms with Gasteiger partial charge in [0.15, 0.2) is 5.78 Å². The maximum atomic E-state index is 10.0. The van der Waals surface area contributed by atoms with Crippen molar-refractivity contribution in [2.75, 3.05) is 0 Å². The number of nitrogens with zero attached hydrogens (tertiary/aromatic N) is 4. The van der Waals surface area contributed by atoms with Gasteiger partial charge in [0.05, 0.1) is 39.5 Å². The van der Waals surface area contributed by atoms with E-state index in [0.717, 1.165) is 44.8 Å². The number of rotatable bonds is 3. The number of ketones is 1. The molecule has 0 atom stereocenters. The number of carbonyl (C=O) groups excluding carboxylic acids is 1. The number of allylic oxidation sites excluding steroid dienone is 2. The van der Waals surface area contributed by atoms with Crippen LogP contribution < -0.4 is 0 Å². The Labute approximate surface area is 219 Å². The van der Waals surface area contributed by atoms with Crippen LogP contribution in [0.4, 0.5) is 0 Å². The van der Waals surface area contributed by atoms with E-state index in [1.807, 2.05) is 68.7 Å². The van der Waals surface area contributed by atoms with E-state index in [4.69, 9.17) is 15.1 Å². The molecule has 7 heteroatoms. The summed E-state index contributed by atoms with van der Waals surface area (Å²) in [5, 5.41) is 8.36. The van der Waals surface area contributed by atoms with Crippen molar-refractivity contribution in [1.29, 1.82) is 0 Å². The Balaban J connectivity index is 0.000000426. The van der Waals surface area contributed by atoms with Crippen molar-refractivity contribution in [2.24, 2.45) is 14.1 Å². The Morgan fingerprint density at radius 2 is 1.23 bits per heavy atom. The zero-order valence-electron chi connectivity index (χ0n) is 20.4. The number of benzene rings is 3. The first-order valence-corrected chi connectivity index (χ1v) is 10.6. The van der Waals surface area contributed by atoms with Gasteiger partial charge in [0, 0.05) is 40.3 Å². The van der Waals surface area contributed by atoms with Crippen LogP contribution in [0.25, 0.3) is 44.8 Å². The number of hydrogen-bond acceptors (Lipinski definition) is 4. The number of para-hydroxylation sites is 4.